The number of carbonyl (C=O) groups is 1. The Bertz CT molecular complexity index is 562. The van der Waals surface area contributed by atoms with Gasteiger partial charge in [0, 0.05) is 30.9 Å². The van der Waals surface area contributed by atoms with Crippen molar-refractivity contribution in [1.29, 1.82) is 0 Å². The largest absolute Gasteiger partial charge is 0.326 e. The second kappa shape index (κ2) is 4.97. The zero-order valence-corrected chi connectivity index (χ0v) is 9.85. The summed E-state index contributed by atoms with van der Waals surface area (Å²) in [6.07, 6.45) is 1.74. The molecule has 5 nitrogen and oxygen atoms in total. The van der Waals surface area contributed by atoms with Crippen LogP contribution < -0.4 is 11.1 Å². The zero-order chi connectivity index (χ0) is 13.1. The first-order valence-electron chi connectivity index (χ1n) is 5.39. The van der Waals surface area contributed by atoms with E-state index in [0.717, 1.165) is 5.56 Å². The third kappa shape index (κ3) is 2.54. The normalized spacial score (nSPS) is 10.4. The van der Waals surface area contributed by atoms with Gasteiger partial charge in [0.1, 0.15) is 5.82 Å². The van der Waals surface area contributed by atoms with Gasteiger partial charge < -0.3 is 11.1 Å². The van der Waals surface area contributed by atoms with Crippen LogP contribution in [0.25, 0.3) is 0 Å². The number of hydrogen-bond acceptors (Lipinski definition) is 3. The molecule has 0 unspecified atom stereocenters. The molecular formula is C12H13FN4O. The van der Waals surface area contributed by atoms with Crippen LogP contribution in [-0.2, 0) is 13.6 Å². The third-order valence-electron chi connectivity index (χ3n) is 2.46. The summed E-state index contributed by atoms with van der Waals surface area (Å²) < 4.78 is 14.3. The Morgan fingerprint density at radius 3 is 2.72 bits per heavy atom. The number of halogens is 1. The second-order valence-electron chi connectivity index (χ2n) is 3.84. The lowest BCUT2D eigenvalue weighted by atomic mass is 10.2. The van der Waals surface area contributed by atoms with Crippen LogP contribution in [0.2, 0.25) is 0 Å². The molecule has 0 radical (unpaired) electrons. The van der Waals surface area contributed by atoms with Crippen molar-refractivity contribution in [2.45, 2.75) is 6.54 Å². The predicted octanol–water partition coefficient (Wildman–Crippen LogP) is 1.27. The molecule has 0 aliphatic heterocycles. The van der Waals surface area contributed by atoms with E-state index < -0.39 is 0 Å². The van der Waals surface area contributed by atoms with Crippen LogP contribution in [0.4, 0.5) is 10.2 Å². The molecule has 0 fully saturated rings. The minimum absolute atomic E-state index is 0.285. The summed E-state index contributed by atoms with van der Waals surface area (Å²) in [5.41, 5.74) is 6.65. The molecule has 2 rings (SSSR count). The van der Waals surface area contributed by atoms with Crippen molar-refractivity contribution in [1.82, 2.24) is 9.78 Å². The number of hydrogen-bond donors (Lipinski definition) is 2. The predicted molar refractivity (Wildman–Crippen MR) is 65.5 cm³/mol. The topological polar surface area (TPSA) is 72.9 Å². The molecule has 0 spiro atoms. The van der Waals surface area contributed by atoms with Crippen LogP contribution in [0.15, 0.2) is 30.5 Å². The Kier molecular flexibility index (Phi) is 3.38. The minimum atomic E-state index is -0.382. The Balaban J connectivity index is 2.18. The molecule has 0 saturated carbocycles. The Morgan fingerprint density at radius 1 is 1.44 bits per heavy atom. The van der Waals surface area contributed by atoms with Crippen molar-refractivity contribution in [3.8, 4) is 0 Å². The summed E-state index contributed by atoms with van der Waals surface area (Å²) in [4.78, 5) is 11.9. The van der Waals surface area contributed by atoms with Gasteiger partial charge in [-0.25, -0.2) is 4.39 Å². The zero-order valence-electron chi connectivity index (χ0n) is 9.85. The number of aryl methyl sites for hydroxylation is 1. The summed E-state index contributed by atoms with van der Waals surface area (Å²) >= 11 is 0. The van der Waals surface area contributed by atoms with E-state index >= 15 is 0 Å². The lowest BCUT2D eigenvalue weighted by Crippen LogP contribution is -2.14. The lowest BCUT2D eigenvalue weighted by Gasteiger charge is -2.03. The average Bonchev–Trinajstić information content (AvgIpc) is 2.70. The van der Waals surface area contributed by atoms with E-state index in [1.54, 1.807) is 17.9 Å². The van der Waals surface area contributed by atoms with E-state index in [1.807, 2.05) is 0 Å². The Labute approximate surface area is 103 Å². The van der Waals surface area contributed by atoms with E-state index in [2.05, 4.69) is 10.4 Å². The summed E-state index contributed by atoms with van der Waals surface area (Å²) in [7, 11) is 1.74. The molecule has 2 aromatic rings. The van der Waals surface area contributed by atoms with Gasteiger partial charge in [0.05, 0.1) is 0 Å². The maximum atomic E-state index is 12.7. The van der Waals surface area contributed by atoms with Gasteiger partial charge in [-0.15, -0.1) is 0 Å². The number of rotatable bonds is 3. The highest BCUT2D eigenvalue weighted by molar-refractivity contribution is 6.04. The number of aromatic nitrogens is 2. The van der Waals surface area contributed by atoms with Gasteiger partial charge in [0.15, 0.2) is 5.82 Å². The van der Waals surface area contributed by atoms with Crippen molar-refractivity contribution < 1.29 is 9.18 Å². The molecule has 0 aliphatic rings. The Hall–Kier alpha value is -2.21. The fraction of sp³-hybridized carbons (Fsp3) is 0.167. The van der Waals surface area contributed by atoms with Gasteiger partial charge in [-0.05, 0) is 24.3 Å². The first-order valence-corrected chi connectivity index (χ1v) is 5.39. The lowest BCUT2D eigenvalue weighted by molar-refractivity contribution is 0.102. The number of benzene rings is 1. The molecule has 3 N–H and O–H groups in total. The summed E-state index contributed by atoms with van der Waals surface area (Å²) in [6.45, 7) is 0.285. The van der Waals surface area contributed by atoms with E-state index in [0.29, 0.717) is 11.4 Å². The minimum Gasteiger partial charge on any atom is -0.326 e. The molecule has 1 amide bonds. The van der Waals surface area contributed by atoms with Crippen molar-refractivity contribution in [2.24, 2.45) is 12.8 Å². The fourth-order valence-electron chi connectivity index (χ4n) is 1.57. The van der Waals surface area contributed by atoms with Crippen LogP contribution in [0.3, 0.4) is 0 Å². The average molecular weight is 248 g/mol. The van der Waals surface area contributed by atoms with Gasteiger partial charge >= 0.3 is 0 Å². The second-order valence-corrected chi connectivity index (χ2v) is 3.84. The standard InChI is InChI=1S/C12H13FN4O/c1-17-7-9(6-14)11(16-17)15-12(18)8-2-4-10(13)5-3-8/h2-5,7H,6,14H2,1H3,(H,15,16,18). The van der Waals surface area contributed by atoms with Crippen LogP contribution >= 0.6 is 0 Å². The molecule has 1 aromatic carbocycles. The summed E-state index contributed by atoms with van der Waals surface area (Å²) in [5, 5.41) is 6.74. The highest BCUT2D eigenvalue weighted by Crippen LogP contribution is 2.13. The summed E-state index contributed by atoms with van der Waals surface area (Å²) in [5.74, 6) is -0.301. The van der Waals surface area contributed by atoms with Crippen molar-refractivity contribution in [3.63, 3.8) is 0 Å². The van der Waals surface area contributed by atoms with Gasteiger partial charge in [0.25, 0.3) is 5.91 Å². The number of nitrogens with zero attached hydrogens (tertiary/aromatic N) is 2. The molecule has 94 valence electrons. The fourth-order valence-corrected chi connectivity index (χ4v) is 1.57. The van der Waals surface area contributed by atoms with E-state index in [9.17, 15) is 9.18 Å². The molecule has 0 atom stereocenters. The number of carbonyl (C=O) groups excluding carboxylic acids is 1. The van der Waals surface area contributed by atoms with E-state index in [1.165, 1.54) is 24.3 Å². The Morgan fingerprint density at radius 2 is 2.11 bits per heavy atom. The SMILES string of the molecule is Cn1cc(CN)c(NC(=O)c2ccc(F)cc2)n1. The number of amides is 1. The number of nitrogens with two attached hydrogens (primary N) is 1. The van der Waals surface area contributed by atoms with Crippen LogP contribution in [0.5, 0.6) is 0 Å². The molecule has 18 heavy (non-hydrogen) atoms. The van der Waals surface area contributed by atoms with Crippen molar-refractivity contribution in [2.75, 3.05) is 5.32 Å². The van der Waals surface area contributed by atoms with E-state index in [-0.39, 0.29) is 18.3 Å². The molecule has 1 aromatic heterocycles. The van der Waals surface area contributed by atoms with Gasteiger partial charge in [-0.3, -0.25) is 9.48 Å². The molecule has 0 bridgehead atoms. The molecule has 0 saturated heterocycles. The van der Waals surface area contributed by atoms with Crippen LogP contribution in [0.1, 0.15) is 15.9 Å². The summed E-state index contributed by atoms with van der Waals surface area (Å²) in [6, 6.07) is 5.29. The molecule has 0 aliphatic carbocycles. The third-order valence-corrected chi connectivity index (χ3v) is 2.46. The number of anilines is 1. The molecule has 6 heteroatoms. The van der Waals surface area contributed by atoms with Crippen molar-refractivity contribution in [3.05, 3.63) is 47.4 Å². The smallest absolute Gasteiger partial charge is 0.256 e. The van der Waals surface area contributed by atoms with Gasteiger partial charge in [0.2, 0.25) is 0 Å². The van der Waals surface area contributed by atoms with Crippen LogP contribution in [-0.4, -0.2) is 15.7 Å². The highest BCUT2D eigenvalue weighted by Gasteiger charge is 2.11. The highest BCUT2D eigenvalue weighted by atomic mass is 19.1. The quantitative estimate of drug-likeness (QED) is 0.859. The maximum absolute atomic E-state index is 12.7. The number of nitrogens with one attached hydrogen (secondary N) is 1. The van der Waals surface area contributed by atoms with Gasteiger partial charge in [-0.1, -0.05) is 0 Å². The monoisotopic (exact) mass is 248 g/mol. The first kappa shape index (κ1) is 12.3. The maximum Gasteiger partial charge on any atom is 0.256 e. The molecule has 1 heterocycles. The van der Waals surface area contributed by atoms with Gasteiger partial charge in [-0.2, -0.15) is 5.10 Å². The first-order chi connectivity index (χ1) is 8.60. The van der Waals surface area contributed by atoms with Crippen LogP contribution in [0, 0.1) is 5.82 Å². The van der Waals surface area contributed by atoms with Crippen molar-refractivity contribution >= 4 is 11.7 Å². The van der Waals surface area contributed by atoms with E-state index in [4.69, 9.17) is 5.73 Å². The molecular weight excluding hydrogens is 235 g/mol.